The average Bonchev–Trinajstić information content (AvgIpc) is 2.67. The summed E-state index contributed by atoms with van der Waals surface area (Å²) in [7, 11) is -3.63. The SMILES string of the molecule is CCN(CC)S(=O)(=O)c1cccc(C(=O)NCC(=O)N2CCCCC2)c1. The Hall–Kier alpha value is -1.93. The van der Waals surface area contributed by atoms with Crippen molar-refractivity contribution in [1.29, 1.82) is 0 Å². The van der Waals surface area contributed by atoms with E-state index in [0.717, 1.165) is 32.4 Å². The first kappa shape index (κ1) is 20.4. The maximum absolute atomic E-state index is 12.6. The van der Waals surface area contributed by atoms with Crippen LogP contribution in [-0.4, -0.2) is 62.2 Å². The molecule has 1 aliphatic heterocycles. The quantitative estimate of drug-likeness (QED) is 0.775. The highest BCUT2D eigenvalue weighted by Gasteiger charge is 2.23. The van der Waals surface area contributed by atoms with Crippen LogP contribution in [0.1, 0.15) is 43.5 Å². The van der Waals surface area contributed by atoms with Gasteiger partial charge in [0.2, 0.25) is 15.9 Å². The van der Waals surface area contributed by atoms with Crippen LogP contribution in [0.3, 0.4) is 0 Å². The van der Waals surface area contributed by atoms with Crippen molar-refractivity contribution in [3.05, 3.63) is 29.8 Å². The molecule has 1 fully saturated rings. The van der Waals surface area contributed by atoms with Crippen LogP contribution in [0.25, 0.3) is 0 Å². The van der Waals surface area contributed by atoms with E-state index in [1.165, 1.54) is 22.5 Å². The second-order valence-electron chi connectivity index (χ2n) is 6.24. The number of piperidine rings is 1. The molecule has 0 aromatic heterocycles. The number of sulfonamides is 1. The zero-order chi connectivity index (χ0) is 19.2. The molecule has 1 aliphatic rings. The van der Waals surface area contributed by atoms with Crippen LogP contribution in [0.5, 0.6) is 0 Å². The summed E-state index contributed by atoms with van der Waals surface area (Å²) in [6.07, 6.45) is 3.11. The van der Waals surface area contributed by atoms with Gasteiger partial charge in [-0.15, -0.1) is 0 Å². The molecule has 1 N–H and O–H groups in total. The van der Waals surface area contributed by atoms with Crippen molar-refractivity contribution in [2.45, 2.75) is 38.0 Å². The summed E-state index contributed by atoms with van der Waals surface area (Å²) in [4.78, 5) is 26.3. The van der Waals surface area contributed by atoms with Crippen LogP contribution in [-0.2, 0) is 14.8 Å². The fraction of sp³-hybridized carbons (Fsp3) is 0.556. The number of hydrogen-bond donors (Lipinski definition) is 1. The Labute approximate surface area is 155 Å². The van der Waals surface area contributed by atoms with E-state index < -0.39 is 15.9 Å². The predicted octanol–water partition coefficient (Wildman–Crippen LogP) is 1.46. The molecule has 7 nitrogen and oxygen atoms in total. The van der Waals surface area contributed by atoms with E-state index in [0.29, 0.717) is 13.1 Å². The molecule has 0 atom stereocenters. The van der Waals surface area contributed by atoms with Crippen LogP contribution >= 0.6 is 0 Å². The van der Waals surface area contributed by atoms with E-state index in [-0.39, 0.29) is 22.9 Å². The number of carbonyl (C=O) groups excluding carboxylic acids is 2. The van der Waals surface area contributed by atoms with Gasteiger partial charge in [-0.25, -0.2) is 8.42 Å². The van der Waals surface area contributed by atoms with Crippen molar-refractivity contribution in [1.82, 2.24) is 14.5 Å². The molecule has 26 heavy (non-hydrogen) atoms. The first-order chi connectivity index (χ1) is 12.4. The van der Waals surface area contributed by atoms with Crippen molar-refractivity contribution in [2.75, 3.05) is 32.7 Å². The summed E-state index contributed by atoms with van der Waals surface area (Å²) in [6, 6.07) is 5.91. The molecule has 1 heterocycles. The Balaban J connectivity index is 2.04. The van der Waals surface area contributed by atoms with E-state index in [1.54, 1.807) is 24.8 Å². The molecule has 1 saturated heterocycles. The normalized spacial score (nSPS) is 15.1. The molecule has 0 radical (unpaired) electrons. The summed E-state index contributed by atoms with van der Waals surface area (Å²) in [6.45, 7) is 5.64. The summed E-state index contributed by atoms with van der Waals surface area (Å²) >= 11 is 0. The van der Waals surface area contributed by atoms with E-state index in [1.807, 2.05) is 0 Å². The van der Waals surface area contributed by atoms with Crippen molar-refractivity contribution < 1.29 is 18.0 Å². The number of carbonyl (C=O) groups is 2. The van der Waals surface area contributed by atoms with E-state index in [2.05, 4.69) is 5.32 Å². The van der Waals surface area contributed by atoms with Crippen LogP contribution in [0, 0.1) is 0 Å². The molecule has 2 rings (SSSR count). The Kier molecular flexibility index (Phi) is 7.16. The minimum Gasteiger partial charge on any atom is -0.343 e. The third kappa shape index (κ3) is 4.82. The highest BCUT2D eigenvalue weighted by atomic mass is 32.2. The Morgan fingerprint density at radius 1 is 1.12 bits per heavy atom. The molecule has 2 amide bonds. The lowest BCUT2D eigenvalue weighted by Crippen LogP contribution is -2.42. The molecule has 8 heteroatoms. The molecular formula is C18H27N3O4S. The number of benzene rings is 1. The van der Waals surface area contributed by atoms with Gasteiger partial charge >= 0.3 is 0 Å². The third-order valence-corrected chi connectivity index (χ3v) is 6.59. The van der Waals surface area contributed by atoms with Gasteiger partial charge < -0.3 is 10.2 Å². The highest BCUT2D eigenvalue weighted by molar-refractivity contribution is 7.89. The first-order valence-corrected chi connectivity index (χ1v) is 10.5. The second-order valence-corrected chi connectivity index (χ2v) is 8.18. The molecule has 0 bridgehead atoms. The molecule has 1 aromatic rings. The number of likely N-dealkylation sites (tertiary alicyclic amines) is 1. The smallest absolute Gasteiger partial charge is 0.251 e. The number of amides is 2. The summed E-state index contributed by atoms with van der Waals surface area (Å²) in [5, 5.41) is 2.59. The fourth-order valence-corrected chi connectivity index (χ4v) is 4.53. The number of nitrogens with zero attached hydrogens (tertiary/aromatic N) is 2. The Morgan fingerprint density at radius 3 is 2.38 bits per heavy atom. The van der Waals surface area contributed by atoms with Gasteiger partial charge in [-0.2, -0.15) is 4.31 Å². The van der Waals surface area contributed by atoms with Gasteiger partial charge in [-0.05, 0) is 37.5 Å². The Bertz CT molecular complexity index is 739. The van der Waals surface area contributed by atoms with Crippen LogP contribution in [0.2, 0.25) is 0 Å². The van der Waals surface area contributed by atoms with Gasteiger partial charge in [0.1, 0.15) is 0 Å². The zero-order valence-corrected chi connectivity index (χ0v) is 16.2. The maximum Gasteiger partial charge on any atom is 0.251 e. The topological polar surface area (TPSA) is 86.8 Å². The number of rotatable bonds is 7. The molecular weight excluding hydrogens is 354 g/mol. The van der Waals surface area contributed by atoms with E-state index in [9.17, 15) is 18.0 Å². The van der Waals surface area contributed by atoms with Crippen LogP contribution in [0.4, 0.5) is 0 Å². The first-order valence-electron chi connectivity index (χ1n) is 9.06. The monoisotopic (exact) mass is 381 g/mol. The molecule has 144 valence electrons. The standard InChI is InChI=1S/C18H27N3O4S/c1-3-21(4-2)26(24,25)16-10-8-9-15(13-16)18(23)19-14-17(22)20-11-6-5-7-12-20/h8-10,13H,3-7,11-12,14H2,1-2H3,(H,19,23). The maximum atomic E-state index is 12.6. The van der Waals surface area contributed by atoms with E-state index in [4.69, 9.17) is 0 Å². The highest BCUT2D eigenvalue weighted by Crippen LogP contribution is 2.17. The molecule has 1 aromatic carbocycles. The van der Waals surface area contributed by atoms with Crippen LogP contribution < -0.4 is 5.32 Å². The minimum atomic E-state index is -3.63. The van der Waals surface area contributed by atoms with Gasteiger partial charge in [-0.1, -0.05) is 19.9 Å². The summed E-state index contributed by atoms with van der Waals surface area (Å²) in [5.74, 6) is -0.558. The largest absolute Gasteiger partial charge is 0.343 e. The van der Waals surface area contributed by atoms with Crippen molar-refractivity contribution in [3.63, 3.8) is 0 Å². The third-order valence-electron chi connectivity index (χ3n) is 4.55. The summed E-state index contributed by atoms with van der Waals surface area (Å²) in [5.41, 5.74) is 0.227. The van der Waals surface area contributed by atoms with Gasteiger partial charge in [0, 0.05) is 31.7 Å². The lowest BCUT2D eigenvalue weighted by Gasteiger charge is -2.26. The molecule has 0 saturated carbocycles. The van der Waals surface area contributed by atoms with Gasteiger partial charge in [0.15, 0.2) is 0 Å². The molecule has 0 unspecified atom stereocenters. The van der Waals surface area contributed by atoms with Gasteiger partial charge in [-0.3, -0.25) is 9.59 Å². The second kappa shape index (κ2) is 9.14. The molecule has 0 aliphatic carbocycles. The predicted molar refractivity (Wildman–Crippen MR) is 99.3 cm³/mol. The van der Waals surface area contributed by atoms with Gasteiger partial charge in [0.25, 0.3) is 5.91 Å². The average molecular weight is 381 g/mol. The van der Waals surface area contributed by atoms with E-state index >= 15 is 0 Å². The summed E-state index contributed by atoms with van der Waals surface area (Å²) < 4.78 is 26.5. The number of hydrogen-bond acceptors (Lipinski definition) is 4. The van der Waals surface area contributed by atoms with Crippen molar-refractivity contribution in [2.24, 2.45) is 0 Å². The van der Waals surface area contributed by atoms with Crippen molar-refractivity contribution in [3.8, 4) is 0 Å². The fourth-order valence-electron chi connectivity index (χ4n) is 3.02. The lowest BCUT2D eigenvalue weighted by molar-refractivity contribution is -0.130. The lowest BCUT2D eigenvalue weighted by atomic mass is 10.1. The zero-order valence-electron chi connectivity index (χ0n) is 15.4. The van der Waals surface area contributed by atoms with Crippen molar-refractivity contribution >= 4 is 21.8 Å². The Morgan fingerprint density at radius 2 is 1.77 bits per heavy atom. The number of nitrogens with one attached hydrogen (secondary N) is 1. The van der Waals surface area contributed by atoms with Gasteiger partial charge in [0.05, 0.1) is 11.4 Å². The minimum absolute atomic E-state index is 0.0775. The van der Waals surface area contributed by atoms with Crippen LogP contribution in [0.15, 0.2) is 29.2 Å². The molecule has 0 spiro atoms.